The Kier molecular flexibility index (Phi) is 4.44. The Hall–Kier alpha value is -2.54. The molecule has 0 bridgehead atoms. The summed E-state index contributed by atoms with van der Waals surface area (Å²) < 4.78 is 51.5. The molecule has 0 fully saturated rings. The summed E-state index contributed by atoms with van der Waals surface area (Å²) in [7, 11) is 1.38. The van der Waals surface area contributed by atoms with Crippen molar-refractivity contribution in [1.29, 1.82) is 0 Å². The number of alkyl halides is 3. The molecule has 0 aliphatic carbocycles. The number of carbonyl (C=O) groups excluding carboxylic acids is 1. The van der Waals surface area contributed by atoms with E-state index in [2.05, 4.69) is 0 Å². The van der Waals surface area contributed by atoms with Crippen LogP contribution in [0.5, 0.6) is 11.5 Å². The van der Waals surface area contributed by atoms with Gasteiger partial charge in [0.15, 0.2) is 0 Å². The molecule has 1 N–H and O–H groups in total. The van der Waals surface area contributed by atoms with Crippen molar-refractivity contribution in [2.75, 3.05) is 7.11 Å². The average Bonchev–Trinajstić information content (AvgIpc) is 2.59. The largest absolute Gasteiger partial charge is 0.496 e. The van der Waals surface area contributed by atoms with E-state index in [0.717, 1.165) is 6.92 Å². The monoisotopic (exact) mass is 366 g/mol. The molecule has 2 aromatic carbocycles. The maximum atomic E-state index is 13.7. The number of hydrogen-bond donors (Lipinski definition) is 1. The first-order valence-corrected chi connectivity index (χ1v) is 7.91. The number of methoxy groups -OCH3 is 1. The minimum absolute atomic E-state index is 0.171. The van der Waals surface area contributed by atoms with Gasteiger partial charge < -0.3 is 14.6 Å². The number of aliphatic hydroxyl groups is 1. The van der Waals surface area contributed by atoms with E-state index in [1.807, 2.05) is 0 Å². The highest BCUT2D eigenvalue weighted by atomic mass is 19.4. The molecule has 26 heavy (non-hydrogen) atoms. The SMILES string of the molecule is COc1cccc2c1C(c1ccccc1)C(C(C)=O)C(O)(C(F)(F)F)O2. The van der Waals surface area contributed by atoms with Gasteiger partial charge in [0.05, 0.1) is 7.11 Å². The number of fused-ring (bicyclic) bond motifs is 1. The lowest BCUT2D eigenvalue weighted by molar-refractivity contribution is -0.356. The van der Waals surface area contributed by atoms with E-state index in [9.17, 15) is 23.1 Å². The zero-order chi connectivity index (χ0) is 19.1. The molecule has 138 valence electrons. The number of rotatable bonds is 3. The van der Waals surface area contributed by atoms with Crippen LogP contribution in [0.15, 0.2) is 48.5 Å². The minimum Gasteiger partial charge on any atom is -0.496 e. The molecule has 0 amide bonds. The molecule has 3 rings (SSSR count). The van der Waals surface area contributed by atoms with E-state index >= 15 is 0 Å². The first-order chi connectivity index (χ1) is 12.2. The third kappa shape index (κ3) is 2.72. The van der Waals surface area contributed by atoms with E-state index in [4.69, 9.17) is 9.47 Å². The Morgan fingerprint density at radius 3 is 2.35 bits per heavy atom. The number of ketones is 1. The van der Waals surface area contributed by atoms with Crippen LogP contribution in [-0.2, 0) is 4.79 Å². The van der Waals surface area contributed by atoms with Crippen LogP contribution >= 0.6 is 0 Å². The van der Waals surface area contributed by atoms with Crippen LogP contribution in [0.2, 0.25) is 0 Å². The molecular formula is C19H17F3O4. The average molecular weight is 366 g/mol. The van der Waals surface area contributed by atoms with Crippen molar-refractivity contribution in [3.05, 3.63) is 59.7 Å². The third-order valence-corrected chi connectivity index (χ3v) is 4.58. The standard InChI is InChI=1S/C19H17F3O4/c1-11(23)17-15(12-7-4-3-5-8-12)16-13(25-2)9-6-10-14(16)26-18(17,24)19(20,21)22/h3-10,15,17,24H,1-2H3. The van der Waals surface area contributed by atoms with Gasteiger partial charge in [-0.1, -0.05) is 36.4 Å². The number of halogens is 3. The molecule has 0 saturated carbocycles. The van der Waals surface area contributed by atoms with Gasteiger partial charge in [-0.15, -0.1) is 0 Å². The lowest BCUT2D eigenvalue weighted by atomic mass is 9.72. The normalized spacial score (nSPS) is 25.2. The highest BCUT2D eigenvalue weighted by molar-refractivity contribution is 5.82. The molecule has 0 radical (unpaired) electrons. The first-order valence-electron chi connectivity index (χ1n) is 7.91. The molecule has 7 heteroatoms. The summed E-state index contributed by atoms with van der Waals surface area (Å²) in [5, 5.41) is 10.5. The maximum Gasteiger partial charge on any atom is 0.456 e. The molecule has 0 saturated heterocycles. The quantitative estimate of drug-likeness (QED) is 0.901. The molecule has 3 unspecified atom stereocenters. The van der Waals surface area contributed by atoms with Gasteiger partial charge in [-0.05, 0) is 24.6 Å². The van der Waals surface area contributed by atoms with Crippen LogP contribution in [0.25, 0.3) is 0 Å². The van der Waals surface area contributed by atoms with Crippen molar-refractivity contribution >= 4 is 5.78 Å². The summed E-state index contributed by atoms with van der Waals surface area (Å²) in [5.41, 5.74) is 0.750. The van der Waals surface area contributed by atoms with Crippen LogP contribution in [0.4, 0.5) is 13.2 Å². The van der Waals surface area contributed by atoms with Gasteiger partial charge >= 0.3 is 12.0 Å². The summed E-state index contributed by atoms with van der Waals surface area (Å²) in [5.74, 6) is -7.33. The number of hydrogen-bond acceptors (Lipinski definition) is 4. The highest BCUT2D eigenvalue weighted by Gasteiger charge is 2.67. The lowest BCUT2D eigenvalue weighted by Gasteiger charge is -2.45. The second-order valence-corrected chi connectivity index (χ2v) is 6.15. The van der Waals surface area contributed by atoms with Crippen molar-refractivity contribution in [3.63, 3.8) is 0 Å². The molecular weight excluding hydrogens is 349 g/mol. The molecule has 3 atom stereocenters. The van der Waals surface area contributed by atoms with Crippen LogP contribution in [0.3, 0.4) is 0 Å². The molecule has 1 heterocycles. The van der Waals surface area contributed by atoms with Crippen molar-refractivity contribution in [2.24, 2.45) is 5.92 Å². The Morgan fingerprint density at radius 1 is 1.15 bits per heavy atom. The van der Waals surface area contributed by atoms with Crippen molar-refractivity contribution < 1.29 is 32.5 Å². The fraction of sp³-hybridized carbons (Fsp3) is 0.316. The van der Waals surface area contributed by atoms with E-state index in [1.165, 1.54) is 19.2 Å². The predicted octanol–water partition coefficient (Wildman–Crippen LogP) is 3.68. The van der Waals surface area contributed by atoms with Gasteiger partial charge in [0.2, 0.25) is 0 Å². The van der Waals surface area contributed by atoms with Gasteiger partial charge in [0.1, 0.15) is 23.2 Å². The summed E-state index contributed by atoms with van der Waals surface area (Å²) in [6, 6.07) is 12.6. The van der Waals surface area contributed by atoms with Gasteiger partial charge in [-0.2, -0.15) is 13.2 Å². The summed E-state index contributed by atoms with van der Waals surface area (Å²) in [4.78, 5) is 12.3. The van der Waals surface area contributed by atoms with Crippen LogP contribution < -0.4 is 9.47 Å². The second-order valence-electron chi connectivity index (χ2n) is 6.15. The second kappa shape index (κ2) is 6.32. The molecule has 1 aliphatic rings. The fourth-order valence-corrected chi connectivity index (χ4v) is 3.49. The van der Waals surface area contributed by atoms with Crippen molar-refractivity contribution in [3.8, 4) is 11.5 Å². The van der Waals surface area contributed by atoms with Crippen LogP contribution in [-0.4, -0.2) is 30.0 Å². The predicted molar refractivity (Wildman–Crippen MR) is 87.1 cm³/mol. The Balaban J connectivity index is 2.35. The van der Waals surface area contributed by atoms with E-state index in [1.54, 1.807) is 36.4 Å². The van der Waals surface area contributed by atoms with Gasteiger partial charge in [-0.25, -0.2) is 0 Å². The van der Waals surface area contributed by atoms with Crippen LogP contribution in [0.1, 0.15) is 24.0 Å². The fourth-order valence-electron chi connectivity index (χ4n) is 3.49. The summed E-state index contributed by atoms with van der Waals surface area (Å²) in [6.45, 7) is 1.01. The van der Waals surface area contributed by atoms with Gasteiger partial charge in [0, 0.05) is 11.5 Å². The molecule has 1 aliphatic heterocycles. The smallest absolute Gasteiger partial charge is 0.456 e. The Bertz CT molecular complexity index is 819. The topological polar surface area (TPSA) is 55.8 Å². The number of carbonyl (C=O) groups is 1. The van der Waals surface area contributed by atoms with E-state index in [-0.39, 0.29) is 11.5 Å². The summed E-state index contributed by atoms with van der Waals surface area (Å²) >= 11 is 0. The molecule has 4 nitrogen and oxygen atoms in total. The van der Waals surface area contributed by atoms with Crippen LogP contribution in [0, 0.1) is 5.92 Å². The van der Waals surface area contributed by atoms with Crippen molar-refractivity contribution in [2.45, 2.75) is 24.8 Å². The number of Topliss-reactive ketones (excluding diaryl/α,β-unsaturated/α-hetero) is 1. The summed E-state index contributed by atoms with van der Waals surface area (Å²) in [6.07, 6.45) is -5.17. The van der Waals surface area contributed by atoms with E-state index < -0.39 is 29.6 Å². The first kappa shape index (κ1) is 18.3. The Labute approximate surface area is 148 Å². The zero-order valence-corrected chi connectivity index (χ0v) is 14.1. The zero-order valence-electron chi connectivity index (χ0n) is 14.1. The van der Waals surface area contributed by atoms with Gasteiger partial charge in [0.25, 0.3) is 0 Å². The van der Waals surface area contributed by atoms with E-state index in [0.29, 0.717) is 11.1 Å². The Morgan fingerprint density at radius 2 is 1.81 bits per heavy atom. The number of ether oxygens (including phenoxy) is 2. The van der Waals surface area contributed by atoms with Gasteiger partial charge in [-0.3, -0.25) is 4.79 Å². The number of benzene rings is 2. The van der Waals surface area contributed by atoms with Crippen molar-refractivity contribution in [1.82, 2.24) is 0 Å². The molecule has 2 aromatic rings. The highest BCUT2D eigenvalue weighted by Crippen LogP contribution is 2.55. The minimum atomic E-state index is -5.17. The molecule has 0 spiro atoms. The maximum absolute atomic E-state index is 13.7. The third-order valence-electron chi connectivity index (χ3n) is 4.58. The lowest BCUT2D eigenvalue weighted by Crippen LogP contribution is -2.61. The molecule has 0 aromatic heterocycles.